The molecular weight excluding hydrogens is 208 g/mol. The van der Waals surface area contributed by atoms with Gasteiger partial charge in [0, 0.05) is 12.6 Å². The fourth-order valence-corrected chi connectivity index (χ4v) is 2.78. The van der Waals surface area contributed by atoms with E-state index in [1.165, 1.54) is 24.8 Å². The van der Waals surface area contributed by atoms with Crippen LogP contribution in [0, 0.1) is 17.2 Å². The van der Waals surface area contributed by atoms with E-state index in [4.69, 9.17) is 0 Å². The third kappa shape index (κ3) is 3.08. The molecule has 1 aromatic rings. The van der Waals surface area contributed by atoms with Crippen molar-refractivity contribution in [3.05, 3.63) is 35.9 Å². The number of nitrogens with zero attached hydrogens (tertiary/aromatic N) is 2. The fourth-order valence-electron chi connectivity index (χ4n) is 2.78. The maximum Gasteiger partial charge on any atom is 0.0672 e. The summed E-state index contributed by atoms with van der Waals surface area (Å²) in [6.07, 6.45) is 4.72. The van der Waals surface area contributed by atoms with Crippen molar-refractivity contribution in [3.63, 3.8) is 0 Å². The topological polar surface area (TPSA) is 27.0 Å². The van der Waals surface area contributed by atoms with Crippen LogP contribution in [0.1, 0.15) is 31.2 Å². The van der Waals surface area contributed by atoms with Gasteiger partial charge >= 0.3 is 0 Å². The van der Waals surface area contributed by atoms with E-state index >= 15 is 0 Å². The van der Waals surface area contributed by atoms with Crippen LogP contribution in [0.25, 0.3) is 0 Å². The fraction of sp³-hybridized carbons (Fsp3) is 0.533. The zero-order valence-corrected chi connectivity index (χ0v) is 10.5. The molecule has 1 fully saturated rings. The van der Waals surface area contributed by atoms with Crippen LogP contribution in [-0.4, -0.2) is 18.0 Å². The highest BCUT2D eigenvalue weighted by Crippen LogP contribution is 2.28. The van der Waals surface area contributed by atoms with Gasteiger partial charge < -0.3 is 0 Å². The molecule has 2 rings (SSSR count). The van der Waals surface area contributed by atoms with Gasteiger partial charge in [0.25, 0.3) is 0 Å². The lowest BCUT2D eigenvalue weighted by Crippen LogP contribution is -2.39. The van der Waals surface area contributed by atoms with Crippen molar-refractivity contribution in [3.8, 4) is 6.07 Å². The van der Waals surface area contributed by atoms with Gasteiger partial charge in [-0.3, -0.25) is 4.90 Å². The molecule has 0 saturated heterocycles. The summed E-state index contributed by atoms with van der Waals surface area (Å²) in [5.41, 5.74) is 1.33. The molecule has 1 aliphatic rings. The summed E-state index contributed by atoms with van der Waals surface area (Å²) in [5.74, 6) is 0.220. The first-order valence-corrected chi connectivity index (χ1v) is 6.45. The Morgan fingerprint density at radius 3 is 2.65 bits per heavy atom. The summed E-state index contributed by atoms with van der Waals surface area (Å²) >= 11 is 0. The van der Waals surface area contributed by atoms with Gasteiger partial charge in [0.05, 0.1) is 12.0 Å². The van der Waals surface area contributed by atoms with Crippen LogP contribution >= 0.6 is 0 Å². The summed E-state index contributed by atoms with van der Waals surface area (Å²) in [6.45, 7) is 0.948. The smallest absolute Gasteiger partial charge is 0.0672 e. The summed E-state index contributed by atoms with van der Waals surface area (Å²) in [5, 5.41) is 9.20. The number of hydrogen-bond donors (Lipinski definition) is 0. The molecule has 0 spiro atoms. The molecule has 2 atom stereocenters. The predicted molar refractivity (Wildman–Crippen MR) is 69.3 cm³/mol. The standard InChI is InChI=1S/C15H20N2/c1-17(12-13-7-3-2-4-8-13)15-10-6-5-9-14(15)11-16/h2-4,7-8,14-15H,5-6,9-10,12H2,1H3. The predicted octanol–water partition coefficient (Wildman–Crippen LogP) is 3.20. The van der Waals surface area contributed by atoms with Gasteiger partial charge in [0.15, 0.2) is 0 Å². The van der Waals surface area contributed by atoms with Crippen molar-refractivity contribution in [2.45, 2.75) is 38.3 Å². The van der Waals surface area contributed by atoms with E-state index in [0.717, 1.165) is 13.0 Å². The van der Waals surface area contributed by atoms with Crippen molar-refractivity contribution in [1.82, 2.24) is 4.90 Å². The summed E-state index contributed by atoms with van der Waals surface area (Å²) < 4.78 is 0. The van der Waals surface area contributed by atoms with Crippen LogP contribution in [0.3, 0.4) is 0 Å². The van der Waals surface area contributed by atoms with Gasteiger partial charge in [-0.05, 0) is 25.5 Å². The Balaban J connectivity index is 1.99. The van der Waals surface area contributed by atoms with E-state index in [1.54, 1.807) is 0 Å². The highest BCUT2D eigenvalue weighted by atomic mass is 15.1. The Morgan fingerprint density at radius 2 is 1.94 bits per heavy atom. The first-order valence-electron chi connectivity index (χ1n) is 6.45. The molecule has 17 heavy (non-hydrogen) atoms. The molecule has 0 heterocycles. The Bertz CT molecular complexity index is 380. The normalized spacial score (nSPS) is 24.5. The minimum Gasteiger partial charge on any atom is -0.298 e. The van der Waals surface area contributed by atoms with Gasteiger partial charge in [-0.1, -0.05) is 43.2 Å². The molecule has 90 valence electrons. The van der Waals surface area contributed by atoms with Crippen LogP contribution in [-0.2, 0) is 6.54 Å². The highest BCUT2D eigenvalue weighted by Gasteiger charge is 2.27. The van der Waals surface area contributed by atoms with Gasteiger partial charge in [0.2, 0.25) is 0 Å². The second-order valence-electron chi connectivity index (χ2n) is 4.99. The lowest BCUT2D eigenvalue weighted by atomic mass is 9.84. The van der Waals surface area contributed by atoms with E-state index in [9.17, 15) is 5.26 Å². The molecule has 0 aromatic heterocycles. The Hall–Kier alpha value is -1.33. The van der Waals surface area contributed by atoms with Crippen LogP contribution in [0.2, 0.25) is 0 Å². The molecule has 1 aromatic carbocycles. The molecule has 0 N–H and O–H groups in total. The van der Waals surface area contributed by atoms with Crippen LogP contribution < -0.4 is 0 Å². The van der Waals surface area contributed by atoms with Crippen LogP contribution in [0.15, 0.2) is 30.3 Å². The summed E-state index contributed by atoms with van der Waals surface area (Å²) in [6, 6.07) is 13.4. The van der Waals surface area contributed by atoms with Gasteiger partial charge in [-0.15, -0.1) is 0 Å². The third-order valence-corrected chi connectivity index (χ3v) is 3.74. The largest absolute Gasteiger partial charge is 0.298 e. The lowest BCUT2D eigenvalue weighted by molar-refractivity contribution is 0.151. The number of rotatable bonds is 3. The summed E-state index contributed by atoms with van der Waals surface area (Å²) in [4.78, 5) is 2.35. The molecule has 1 aliphatic carbocycles. The molecule has 0 aliphatic heterocycles. The van der Waals surface area contributed by atoms with E-state index < -0.39 is 0 Å². The molecule has 1 saturated carbocycles. The van der Waals surface area contributed by atoms with Gasteiger partial charge in [-0.25, -0.2) is 0 Å². The SMILES string of the molecule is CN(Cc1ccccc1)C1CCCCC1C#N. The average Bonchev–Trinajstić information content (AvgIpc) is 2.40. The Morgan fingerprint density at radius 1 is 1.24 bits per heavy atom. The molecule has 2 nitrogen and oxygen atoms in total. The third-order valence-electron chi connectivity index (χ3n) is 3.74. The van der Waals surface area contributed by atoms with Crippen molar-refractivity contribution in [2.24, 2.45) is 5.92 Å². The quantitative estimate of drug-likeness (QED) is 0.794. The zero-order chi connectivity index (χ0) is 12.1. The van der Waals surface area contributed by atoms with E-state index in [2.05, 4.69) is 42.3 Å². The van der Waals surface area contributed by atoms with Crippen molar-refractivity contribution >= 4 is 0 Å². The first kappa shape index (κ1) is 12.1. The molecule has 0 radical (unpaired) electrons. The van der Waals surface area contributed by atoms with Crippen molar-refractivity contribution in [1.29, 1.82) is 5.26 Å². The Labute approximate surface area is 104 Å². The molecule has 0 amide bonds. The van der Waals surface area contributed by atoms with Crippen LogP contribution in [0.4, 0.5) is 0 Å². The average molecular weight is 228 g/mol. The van der Waals surface area contributed by atoms with Gasteiger partial charge in [-0.2, -0.15) is 5.26 Å². The lowest BCUT2D eigenvalue weighted by Gasteiger charge is -2.34. The second kappa shape index (κ2) is 5.84. The molecule has 0 bridgehead atoms. The van der Waals surface area contributed by atoms with Crippen molar-refractivity contribution < 1.29 is 0 Å². The van der Waals surface area contributed by atoms with Crippen molar-refractivity contribution in [2.75, 3.05) is 7.05 Å². The number of nitriles is 1. The maximum atomic E-state index is 9.20. The van der Waals surface area contributed by atoms with E-state index in [-0.39, 0.29) is 5.92 Å². The highest BCUT2D eigenvalue weighted by molar-refractivity contribution is 5.14. The number of hydrogen-bond acceptors (Lipinski definition) is 2. The Kier molecular flexibility index (Phi) is 4.17. The zero-order valence-electron chi connectivity index (χ0n) is 10.5. The molecule has 2 heteroatoms. The minimum atomic E-state index is 0.220. The van der Waals surface area contributed by atoms with E-state index in [1.807, 2.05) is 6.07 Å². The monoisotopic (exact) mass is 228 g/mol. The minimum absolute atomic E-state index is 0.220. The maximum absolute atomic E-state index is 9.20. The summed E-state index contributed by atoms with van der Waals surface area (Å²) in [7, 11) is 2.15. The number of benzene rings is 1. The van der Waals surface area contributed by atoms with E-state index in [0.29, 0.717) is 6.04 Å². The van der Waals surface area contributed by atoms with Crippen LogP contribution in [0.5, 0.6) is 0 Å². The molecule has 2 unspecified atom stereocenters. The second-order valence-corrected chi connectivity index (χ2v) is 4.99. The van der Waals surface area contributed by atoms with Gasteiger partial charge in [0.1, 0.15) is 0 Å². The molecular formula is C15H20N2. The first-order chi connectivity index (χ1) is 8.31.